The molecule has 2 heteroatoms. The van der Waals surface area contributed by atoms with Gasteiger partial charge in [-0.25, -0.2) is 0 Å². The lowest BCUT2D eigenvalue weighted by Gasteiger charge is -2.18. The molecule has 6 aromatic rings. The van der Waals surface area contributed by atoms with Crippen molar-refractivity contribution in [3.63, 3.8) is 0 Å². The van der Waals surface area contributed by atoms with E-state index in [1.807, 2.05) is 0 Å². The Bertz CT molecular complexity index is 1400. The average Bonchev–Trinajstić information content (AvgIpc) is 3.46. The summed E-state index contributed by atoms with van der Waals surface area (Å²) < 4.78 is 0. The van der Waals surface area contributed by atoms with Gasteiger partial charge in [0.2, 0.25) is 0 Å². The molecule has 0 bridgehead atoms. The summed E-state index contributed by atoms with van der Waals surface area (Å²) in [5.41, 5.74) is 8.70. The molecular formula is C29H22N2. The van der Waals surface area contributed by atoms with Crippen LogP contribution in [0.25, 0.3) is 32.9 Å². The van der Waals surface area contributed by atoms with E-state index in [-0.39, 0.29) is 5.92 Å². The predicted molar refractivity (Wildman–Crippen MR) is 129 cm³/mol. The Kier molecular flexibility index (Phi) is 4.21. The van der Waals surface area contributed by atoms with E-state index in [0.29, 0.717) is 0 Å². The fourth-order valence-corrected chi connectivity index (χ4v) is 4.69. The molecule has 0 fully saturated rings. The standard InChI is InChI=1S/C29H22N2/c1-2-8-20(9-3-1)21-14-16-22(17-15-21)29(25-18-30-27-12-6-4-10-23(25)27)26-19-31-28-13-7-5-11-24(26)28/h1-19,29-31H. The molecule has 2 nitrogen and oxygen atoms in total. The number of aromatic nitrogens is 2. The van der Waals surface area contributed by atoms with Crippen LogP contribution in [0.5, 0.6) is 0 Å². The van der Waals surface area contributed by atoms with Gasteiger partial charge in [0.25, 0.3) is 0 Å². The minimum absolute atomic E-state index is 0.136. The molecule has 0 aliphatic carbocycles. The van der Waals surface area contributed by atoms with Crippen molar-refractivity contribution in [1.29, 1.82) is 0 Å². The number of rotatable bonds is 4. The third-order valence-electron chi connectivity index (χ3n) is 6.22. The Hall–Kier alpha value is -4.04. The van der Waals surface area contributed by atoms with Crippen molar-refractivity contribution < 1.29 is 0 Å². The van der Waals surface area contributed by atoms with E-state index >= 15 is 0 Å². The first-order chi connectivity index (χ1) is 15.4. The van der Waals surface area contributed by atoms with E-state index in [1.165, 1.54) is 49.6 Å². The SMILES string of the molecule is c1ccc(-c2ccc(C(c3c[nH]c4ccccc34)c3c[nH]c4ccccc34)cc2)cc1. The largest absolute Gasteiger partial charge is 0.361 e. The molecule has 0 atom stereocenters. The summed E-state index contributed by atoms with van der Waals surface area (Å²) in [7, 11) is 0. The minimum atomic E-state index is 0.136. The second-order valence-corrected chi connectivity index (χ2v) is 8.00. The molecule has 6 rings (SSSR count). The Balaban J connectivity index is 1.54. The second-order valence-electron chi connectivity index (χ2n) is 8.00. The van der Waals surface area contributed by atoms with Gasteiger partial charge in [0.15, 0.2) is 0 Å². The molecule has 0 amide bonds. The van der Waals surface area contributed by atoms with Gasteiger partial charge < -0.3 is 9.97 Å². The van der Waals surface area contributed by atoms with Crippen molar-refractivity contribution in [2.45, 2.75) is 5.92 Å². The highest BCUT2D eigenvalue weighted by molar-refractivity contribution is 5.89. The van der Waals surface area contributed by atoms with Crippen LogP contribution in [0.2, 0.25) is 0 Å². The number of aromatic amines is 2. The number of hydrogen-bond acceptors (Lipinski definition) is 0. The van der Waals surface area contributed by atoms with Crippen LogP contribution in [0.4, 0.5) is 0 Å². The van der Waals surface area contributed by atoms with E-state index in [0.717, 1.165) is 0 Å². The third kappa shape index (κ3) is 3.04. The van der Waals surface area contributed by atoms with Crippen molar-refractivity contribution in [1.82, 2.24) is 9.97 Å². The van der Waals surface area contributed by atoms with E-state index in [1.54, 1.807) is 0 Å². The fraction of sp³-hybridized carbons (Fsp3) is 0.0345. The van der Waals surface area contributed by atoms with Gasteiger partial charge in [0.05, 0.1) is 0 Å². The van der Waals surface area contributed by atoms with Crippen molar-refractivity contribution >= 4 is 21.8 Å². The predicted octanol–water partition coefficient (Wildman–Crippen LogP) is 7.50. The summed E-state index contributed by atoms with van der Waals surface area (Å²) in [5, 5.41) is 2.54. The Morgan fingerprint density at radius 1 is 0.452 bits per heavy atom. The number of para-hydroxylation sites is 2. The van der Waals surface area contributed by atoms with Crippen molar-refractivity contribution in [3.05, 3.63) is 132 Å². The first-order valence-corrected chi connectivity index (χ1v) is 10.7. The average molecular weight is 399 g/mol. The summed E-state index contributed by atoms with van der Waals surface area (Å²) in [6, 6.07) is 36.7. The molecule has 2 N–H and O–H groups in total. The quantitative estimate of drug-likeness (QED) is 0.308. The topological polar surface area (TPSA) is 31.6 Å². The van der Waals surface area contributed by atoms with E-state index < -0.39 is 0 Å². The van der Waals surface area contributed by atoms with Crippen molar-refractivity contribution in [3.8, 4) is 11.1 Å². The zero-order valence-corrected chi connectivity index (χ0v) is 17.0. The van der Waals surface area contributed by atoms with E-state index in [4.69, 9.17) is 0 Å². The maximum absolute atomic E-state index is 3.48. The lowest BCUT2D eigenvalue weighted by Crippen LogP contribution is -2.02. The van der Waals surface area contributed by atoms with Gasteiger partial charge in [0.1, 0.15) is 0 Å². The van der Waals surface area contributed by atoms with Crippen LogP contribution in [0.1, 0.15) is 22.6 Å². The summed E-state index contributed by atoms with van der Waals surface area (Å²) >= 11 is 0. The van der Waals surface area contributed by atoms with Gasteiger partial charge >= 0.3 is 0 Å². The van der Waals surface area contributed by atoms with Gasteiger partial charge in [-0.3, -0.25) is 0 Å². The first kappa shape index (κ1) is 17.8. The molecule has 31 heavy (non-hydrogen) atoms. The summed E-state index contributed by atoms with van der Waals surface area (Å²) in [4.78, 5) is 6.95. The van der Waals surface area contributed by atoms with Crippen LogP contribution in [-0.2, 0) is 0 Å². The normalized spacial score (nSPS) is 11.5. The molecule has 0 saturated carbocycles. The zero-order valence-electron chi connectivity index (χ0n) is 17.0. The molecule has 0 radical (unpaired) electrons. The van der Waals surface area contributed by atoms with Crippen LogP contribution in [0.3, 0.4) is 0 Å². The third-order valence-corrected chi connectivity index (χ3v) is 6.22. The highest BCUT2D eigenvalue weighted by Crippen LogP contribution is 2.39. The Morgan fingerprint density at radius 2 is 0.935 bits per heavy atom. The smallest absolute Gasteiger partial charge is 0.0457 e. The lowest BCUT2D eigenvalue weighted by molar-refractivity contribution is 0.998. The summed E-state index contributed by atoms with van der Waals surface area (Å²) in [6.07, 6.45) is 4.34. The molecule has 0 spiro atoms. The lowest BCUT2D eigenvalue weighted by atomic mass is 9.84. The molecule has 0 saturated heterocycles. The Morgan fingerprint density at radius 3 is 1.52 bits per heavy atom. The van der Waals surface area contributed by atoms with Gasteiger partial charge in [-0.2, -0.15) is 0 Å². The van der Waals surface area contributed by atoms with Crippen LogP contribution in [-0.4, -0.2) is 9.97 Å². The van der Waals surface area contributed by atoms with Crippen LogP contribution in [0.15, 0.2) is 116 Å². The molecule has 148 valence electrons. The van der Waals surface area contributed by atoms with Crippen molar-refractivity contribution in [2.75, 3.05) is 0 Å². The zero-order chi connectivity index (χ0) is 20.6. The molecule has 0 aliphatic heterocycles. The number of fused-ring (bicyclic) bond motifs is 2. The van der Waals surface area contributed by atoms with Gasteiger partial charge in [0, 0.05) is 40.1 Å². The second kappa shape index (κ2) is 7.33. The molecular weight excluding hydrogens is 376 g/mol. The molecule has 2 heterocycles. The highest BCUT2D eigenvalue weighted by Gasteiger charge is 2.23. The Labute approximate surface area is 181 Å². The number of hydrogen-bond donors (Lipinski definition) is 2. The number of benzene rings is 4. The number of nitrogens with one attached hydrogen (secondary N) is 2. The van der Waals surface area contributed by atoms with E-state index in [2.05, 4.69) is 125 Å². The van der Waals surface area contributed by atoms with Crippen LogP contribution >= 0.6 is 0 Å². The maximum atomic E-state index is 3.48. The minimum Gasteiger partial charge on any atom is -0.361 e. The summed E-state index contributed by atoms with van der Waals surface area (Å²) in [6.45, 7) is 0. The maximum Gasteiger partial charge on any atom is 0.0457 e. The first-order valence-electron chi connectivity index (χ1n) is 10.7. The summed E-state index contributed by atoms with van der Waals surface area (Å²) in [5.74, 6) is 0.136. The van der Waals surface area contributed by atoms with Crippen molar-refractivity contribution in [2.24, 2.45) is 0 Å². The molecule has 4 aromatic carbocycles. The highest BCUT2D eigenvalue weighted by atomic mass is 14.7. The molecule has 0 unspecified atom stereocenters. The van der Waals surface area contributed by atoms with Gasteiger partial charge in [-0.1, -0.05) is 91.0 Å². The van der Waals surface area contributed by atoms with Gasteiger partial charge in [-0.15, -0.1) is 0 Å². The number of H-pyrrole nitrogens is 2. The molecule has 0 aliphatic rings. The van der Waals surface area contributed by atoms with E-state index in [9.17, 15) is 0 Å². The fourth-order valence-electron chi connectivity index (χ4n) is 4.69. The van der Waals surface area contributed by atoms with Crippen LogP contribution < -0.4 is 0 Å². The monoisotopic (exact) mass is 398 g/mol. The molecule has 2 aromatic heterocycles. The van der Waals surface area contributed by atoms with Gasteiger partial charge in [-0.05, 0) is 39.9 Å². The van der Waals surface area contributed by atoms with Crippen LogP contribution in [0, 0.1) is 0 Å².